The van der Waals surface area contributed by atoms with Crippen LogP contribution in [0.4, 0.5) is 5.13 Å². The first-order valence-corrected chi connectivity index (χ1v) is 6.26. The summed E-state index contributed by atoms with van der Waals surface area (Å²) < 4.78 is 4.89. The van der Waals surface area contributed by atoms with Gasteiger partial charge in [-0.15, -0.1) is 11.3 Å². The Kier molecular flexibility index (Phi) is 3.88. The topological polar surface area (TPSA) is 84.0 Å². The maximum atomic E-state index is 11.5. The van der Waals surface area contributed by atoms with E-state index >= 15 is 0 Å². The van der Waals surface area contributed by atoms with Gasteiger partial charge < -0.3 is 9.64 Å². The lowest BCUT2D eigenvalue weighted by Gasteiger charge is -2.12. The van der Waals surface area contributed by atoms with Crippen LogP contribution < -0.4 is 4.90 Å². The lowest BCUT2D eigenvalue weighted by molar-refractivity contribution is 0.0520. The van der Waals surface area contributed by atoms with Crippen LogP contribution in [0.15, 0.2) is 11.7 Å². The van der Waals surface area contributed by atoms with Crippen molar-refractivity contribution in [3.8, 4) is 0 Å². The van der Waals surface area contributed by atoms with Crippen LogP contribution in [0.25, 0.3) is 0 Å². The number of carbonyl (C=O) groups is 1. The van der Waals surface area contributed by atoms with E-state index in [0.717, 1.165) is 11.0 Å². The van der Waals surface area contributed by atoms with Gasteiger partial charge in [0.25, 0.3) is 0 Å². The van der Waals surface area contributed by atoms with Crippen LogP contribution >= 0.6 is 11.3 Å². The summed E-state index contributed by atoms with van der Waals surface area (Å²) in [6.07, 6.45) is 1.45. The summed E-state index contributed by atoms with van der Waals surface area (Å²) in [5.41, 5.74) is 0.335. The van der Waals surface area contributed by atoms with E-state index in [1.165, 1.54) is 17.7 Å². The Morgan fingerprint density at radius 1 is 1.61 bits per heavy atom. The van der Waals surface area contributed by atoms with E-state index in [-0.39, 0.29) is 0 Å². The zero-order valence-corrected chi connectivity index (χ0v) is 10.9. The van der Waals surface area contributed by atoms with E-state index in [2.05, 4.69) is 20.2 Å². The first kappa shape index (κ1) is 12.5. The number of hydrogen-bond acceptors (Lipinski definition) is 7. The molecule has 7 nitrogen and oxygen atoms in total. The Hall–Kier alpha value is -1.96. The second-order valence-corrected chi connectivity index (χ2v) is 4.36. The molecule has 2 aromatic heterocycles. The minimum atomic E-state index is -0.395. The first-order valence-electron chi connectivity index (χ1n) is 5.38. The molecule has 0 aliphatic rings. The fourth-order valence-corrected chi connectivity index (χ4v) is 2.10. The van der Waals surface area contributed by atoms with Crippen LogP contribution in [-0.4, -0.2) is 39.8 Å². The van der Waals surface area contributed by atoms with Crippen LogP contribution in [0.5, 0.6) is 0 Å². The standard InChI is InChI=1S/C10H13N5O2S/c1-3-17-9(16)7-5-18-10(13-7)15(2)4-8-11-6-12-14-8/h5-6H,3-4H2,1-2H3,(H,11,12,14). The van der Waals surface area contributed by atoms with Gasteiger partial charge in [-0.25, -0.2) is 14.8 Å². The smallest absolute Gasteiger partial charge is 0.357 e. The Balaban J connectivity index is 2.03. The summed E-state index contributed by atoms with van der Waals surface area (Å²) in [7, 11) is 1.87. The van der Waals surface area contributed by atoms with E-state index in [1.807, 2.05) is 11.9 Å². The third kappa shape index (κ3) is 2.83. The van der Waals surface area contributed by atoms with Gasteiger partial charge in [-0.3, -0.25) is 5.10 Å². The summed E-state index contributed by atoms with van der Waals surface area (Å²) in [5.74, 6) is 0.346. The van der Waals surface area contributed by atoms with Gasteiger partial charge >= 0.3 is 5.97 Å². The maximum Gasteiger partial charge on any atom is 0.357 e. The number of H-pyrrole nitrogens is 1. The number of thiazole rings is 1. The monoisotopic (exact) mass is 267 g/mol. The highest BCUT2D eigenvalue weighted by molar-refractivity contribution is 7.13. The SMILES string of the molecule is CCOC(=O)c1csc(N(C)Cc2ncn[nH]2)n1. The third-order valence-electron chi connectivity index (χ3n) is 2.16. The fraction of sp³-hybridized carbons (Fsp3) is 0.400. The maximum absolute atomic E-state index is 11.5. The molecule has 0 aliphatic heterocycles. The summed E-state index contributed by atoms with van der Waals surface area (Å²) in [6, 6.07) is 0. The lowest BCUT2D eigenvalue weighted by atomic mass is 10.5. The Morgan fingerprint density at radius 3 is 3.11 bits per heavy atom. The molecule has 2 heterocycles. The van der Waals surface area contributed by atoms with Gasteiger partial charge in [0.1, 0.15) is 12.2 Å². The summed E-state index contributed by atoms with van der Waals surface area (Å²) in [6.45, 7) is 2.66. The molecule has 0 bridgehead atoms. The van der Waals surface area contributed by atoms with E-state index < -0.39 is 5.97 Å². The van der Waals surface area contributed by atoms with E-state index in [4.69, 9.17) is 4.74 Å². The highest BCUT2D eigenvalue weighted by Crippen LogP contribution is 2.20. The van der Waals surface area contributed by atoms with E-state index in [1.54, 1.807) is 12.3 Å². The lowest BCUT2D eigenvalue weighted by Crippen LogP contribution is -2.17. The van der Waals surface area contributed by atoms with Gasteiger partial charge in [-0.2, -0.15) is 5.10 Å². The number of ether oxygens (including phenoxy) is 1. The summed E-state index contributed by atoms with van der Waals surface area (Å²) in [5, 5.41) is 8.96. The number of hydrogen-bond donors (Lipinski definition) is 1. The quantitative estimate of drug-likeness (QED) is 0.816. The molecule has 0 radical (unpaired) electrons. The number of aromatic nitrogens is 4. The van der Waals surface area contributed by atoms with Crippen molar-refractivity contribution in [2.45, 2.75) is 13.5 Å². The molecular formula is C10H13N5O2S. The number of carbonyl (C=O) groups excluding carboxylic acids is 1. The molecule has 0 fully saturated rings. The summed E-state index contributed by atoms with van der Waals surface area (Å²) >= 11 is 1.39. The van der Waals surface area contributed by atoms with Crippen LogP contribution in [0.2, 0.25) is 0 Å². The van der Waals surface area contributed by atoms with Crippen molar-refractivity contribution in [1.82, 2.24) is 20.2 Å². The van der Waals surface area contributed by atoms with Crippen LogP contribution in [-0.2, 0) is 11.3 Å². The number of nitrogens with zero attached hydrogens (tertiary/aromatic N) is 4. The van der Waals surface area contributed by atoms with Crippen molar-refractivity contribution in [2.75, 3.05) is 18.6 Å². The molecule has 2 rings (SSSR count). The first-order chi connectivity index (χ1) is 8.70. The van der Waals surface area contributed by atoms with Gasteiger partial charge in [-0.05, 0) is 6.92 Å². The van der Waals surface area contributed by atoms with Crippen molar-refractivity contribution in [2.24, 2.45) is 0 Å². The molecule has 8 heteroatoms. The number of esters is 1. The molecule has 0 atom stereocenters. The van der Waals surface area contributed by atoms with E-state index in [0.29, 0.717) is 18.8 Å². The average Bonchev–Trinajstić information content (AvgIpc) is 2.99. The Labute approximate surface area is 108 Å². The van der Waals surface area contributed by atoms with E-state index in [9.17, 15) is 4.79 Å². The molecule has 0 saturated heterocycles. The molecule has 0 spiro atoms. The molecule has 0 aliphatic carbocycles. The van der Waals surface area contributed by atoms with Crippen LogP contribution in [0, 0.1) is 0 Å². The largest absolute Gasteiger partial charge is 0.461 e. The molecule has 0 amide bonds. The van der Waals surface area contributed by atoms with Gasteiger partial charge in [0.2, 0.25) is 0 Å². The van der Waals surface area contributed by atoms with Gasteiger partial charge in [0.05, 0.1) is 13.2 Å². The number of anilines is 1. The molecule has 0 unspecified atom stereocenters. The number of rotatable bonds is 5. The average molecular weight is 267 g/mol. The Bertz CT molecular complexity index is 510. The highest BCUT2D eigenvalue weighted by atomic mass is 32.1. The molecule has 1 N–H and O–H groups in total. The molecule has 0 aromatic carbocycles. The number of aromatic amines is 1. The van der Waals surface area contributed by atoms with Crippen molar-refractivity contribution >= 4 is 22.4 Å². The molecule has 18 heavy (non-hydrogen) atoms. The van der Waals surface area contributed by atoms with Crippen molar-refractivity contribution in [3.63, 3.8) is 0 Å². The highest BCUT2D eigenvalue weighted by Gasteiger charge is 2.14. The van der Waals surface area contributed by atoms with Gasteiger partial charge in [0, 0.05) is 12.4 Å². The molecule has 96 valence electrons. The number of nitrogens with one attached hydrogen (secondary N) is 1. The Morgan fingerprint density at radius 2 is 2.44 bits per heavy atom. The fourth-order valence-electron chi connectivity index (χ4n) is 1.34. The second-order valence-electron chi connectivity index (χ2n) is 3.52. The van der Waals surface area contributed by atoms with Gasteiger partial charge in [-0.1, -0.05) is 0 Å². The van der Waals surface area contributed by atoms with Crippen LogP contribution in [0.3, 0.4) is 0 Å². The second kappa shape index (κ2) is 5.58. The molecule has 2 aromatic rings. The predicted molar refractivity (Wildman–Crippen MR) is 66.6 cm³/mol. The zero-order chi connectivity index (χ0) is 13.0. The minimum Gasteiger partial charge on any atom is -0.461 e. The zero-order valence-electron chi connectivity index (χ0n) is 10.1. The van der Waals surface area contributed by atoms with Crippen molar-refractivity contribution in [3.05, 3.63) is 23.2 Å². The normalized spacial score (nSPS) is 10.3. The van der Waals surface area contributed by atoms with Crippen molar-refractivity contribution in [1.29, 1.82) is 0 Å². The minimum absolute atomic E-state index is 0.335. The third-order valence-corrected chi connectivity index (χ3v) is 3.11. The predicted octanol–water partition coefficient (Wildman–Crippen LogP) is 1.07. The van der Waals surface area contributed by atoms with Gasteiger partial charge in [0.15, 0.2) is 10.8 Å². The molecule has 0 saturated carbocycles. The van der Waals surface area contributed by atoms with Crippen LogP contribution in [0.1, 0.15) is 23.2 Å². The van der Waals surface area contributed by atoms with Crippen molar-refractivity contribution < 1.29 is 9.53 Å². The molecular weight excluding hydrogens is 254 g/mol. The summed E-state index contributed by atoms with van der Waals surface area (Å²) in [4.78, 5) is 21.6.